The Hall–Kier alpha value is -1.90. The maximum Gasteiger partial charge on any atom is 0.129 e. The van der Waals surface area contributed by atoms with Crippen molar-refractivity contribution in [2.75, 3.05) is 7.11 Å². The molecule has 0 N–H and O–H groups in total. The van der Waals surface area contributed by atoms with Crippen molar-refractivity contribution in [3.8, 4) is 5.75 Å². The van der Waals surface area contributed by atoms with Gasteiger partial charge in [0, 0.05) is 12.0 Å². The molecule has 2 rings (SSSR count). The van der Waals surface area contributed by atoms with Crippen molar-refractivity contribution in [2.24, 2.45) is 0 Å². The third kappa shape index (κ3) is 2.50. The Bertz CT molecular complexity index is 535. The number of benzene rings is 2. The Morgan fingerprint density at radius 1 is 1.00 bits per heavy atom. The average Bonchev–Trinajstić information content (AvgIpc) is 2.38. The molecule has 0 heterocycles. The molecule has 0 saturated heterocycles. The highest BCUT2D eigenvalue weighted by molar-refractivity contribution is 5.36. The second kappa shape index (κ2) is 5.17. The second-order valence-corrected chi connectivity index (χ2v) is 4.16. The summed E-state index contributed by atoms with van der Waals surface area (Å²) in [5.41, 5.74) is 1.45. The van der Waals surface area contributed by atoms with Gasteiger partial charge in [0.25, 0.3) is 0 Å². The van der Waals surface area contributed by atoms with E-state index in [1.807, 2.05) is 31.2 Å². The molecule has 0 aliphatic carbocycles. The van der Waals surface area contributed by atoms with E-state index in [1.165, 1.54) is 12.1 Å². The SMILES string of the molecule is COc1ccc(C(C)c2ccc(F)cc2F)cc1. The first-order chi connectivity index (χ1) is 8.61. The van der Waals surface area contributed by atoms with Gasteiger partial charge in [0.1, 0.15) is 17.4 Å². The molecular formula is C15H14F2O. The van der Waals surface area contributed by atoms with Crippen LogP contribution in [0.1, 0.15) is 24.0 Å². The van der Waals surface area contributed by atoms with Crippen LogP contribution < -0.4 is 4.74 Å². The molecule has 1 unspecified atom stereocenters. The Kier molecular flexibility index (Phi) is 3.60. The van der Waals surface area contributed by atoms with Crippen LogP contribution in [0.25, 0.3) is 0 Å². The van der Waals surface area contributed by atoms with Crippen LogP contribution >= 0.6 is 0 Å². The lowest BCUT2D eigenvalue weighted by Crippen LogP contribution is -2.00. The number of ether oxygens (including phenoxy) is 1. The fraction of sp³-hybridized carbons (Fsp3) is 0.200. The molecule has 18 heavy (non-hydrogen) atoms. The zero-order chi connectivity index (χ0) is 13.1. The molecule has 0 bridgehead atoms. The Balaban J connectivity index is 2.31. The first-order valence-corrected chi connectivity index (χ1v) is 5.70. The van der Waals surface area contributed by atoms with Crippen LogP contribution in [0.5, 0.6) is 5.75 Å². The van der Waals surface area contributed by atoms with Gasteiger partial charge < -0.3 is 4.74 Å². The van der Waals surface area contributed by atoms with Crippen molar-refractivity contribution in [3.05, 3.63) is 65.2 Å². The van der Waals surface area contributed by atoms with Crippen LogP contribution in [-0.4, -0.2) is 7.11 Å². The minimum Gasteiger partial charge on any atom is -0.497 e. The van der Waals surface area contributed by atoms with Crippen LogP contribution in [0.2, 0.25) is 0 Å². The van der Waals surface area contributed by atoms with Gasteiger partial charge in [-0.3, -0.25) is 0 Å². The molecule has 2 aromatic carbocycles. The molecule has 1 nitrogen and oxygen atoms in total. The normalized spacial score (nSPS) is 12.2. The Morgan fingerprint density at radius 3 is 2.22 bits per heavy atom. The first-order valence-electron chi connectivity index (χ1n) is 5.70. The van der Waals surface area contributed by atoms with Gasteiger partial charge in [-0.2, -0.15) is 0 Å². The summed E-state index contributed by atoms with van der Waals surface area (Å²) >= 11 is 0. The molecular weight excluding hydrogens is 234 g/mol. The summed E-state index contributed by atoms with van der Waals surface area (Å²) in [6.07, 6.45) is 0. The lowest BCUT2D eigenvalue weighted by atomic mass is 9.93. The van der Waals surface area contributed by atoms with Crippen LogP contribution in [0.4, 0.5) is 8.78 Å². The van der Waals surface area contributed by atoms with E-state index in [0.29, 0.717) is 5.56 Å². The molecule has 0 fully saturated rings. The van der Waals surface area contributed by atoms with Crippen molar-refractivity contribution in [1.82, 2.24) is 0 Å². The van der Waals surface area contributed by atoms with Crippen molar-refractivity contribution in [2.45, 2.75) is 12.8 Å². The molecule has 0 aliphatic rings. The summed E-state index contributed by atoms with van der Waals surface area (Å²) in [7, 11) is 1.60. The Labute approximate surface area is 105 Å². The average molecular weight is 248 g/mol. The summed E-state index contributed by atoms with van der Waals surface area (Å²) in [6, 6.07) is 11.1. The molecule has 0 saturated carbocycles. The standard InChI is InChI=1S/C15H14F2O/c1-10(11-3-6-13(18-2)7-4-11)14-8-5-12(16)9-15(14)17/h3-10H,1-2H3. The Morgan fingerprint density at radius 2 is 1.67 bits per heavy atom. The number of hydrogen-bond donors (Lipinski definition) is 0. The third-order valence-electron chi connectivity index (χ3n) is 3.04. The van der Waals surface area contributed by atoms with Crippen molar-refractivity contribution in [3.63, 3.8) is 0 Å². The number of methoxy groups -OCH3 is 1. The lowest BCUT2D eigenvalue weighted by Gasteiger charge is -2.14. The van der Waals surface area contributed by atoms with Gasteiger partial charge in [-0.1, -0.05) is 25.1 Å². The van der Waals surface area contributed by atoms with E-state index in [0.717, 1.165) is 17.4 Å². The predicted molar refractivity (Wildman–Crippen MR) is 66.9 cm³/mol. The van der Waals surface area contributed by atoms with Crippen LogP contribution in [0, 0.1) is 11.6 Å². The quantitative estimate of drug-likeness (QED) is 0.793. The molecule has 2 aromatic rings. The third-order valence-corrected chi connectivity index (χ3v) is 3.04. The van der Waals surface area contributed by atoms with Crippen molar-refractivity contribution >= 4 is 0 Å². The first kappa shape index (κ1) is 12.6. The minimum absolute atomic E-state index is 0.128. The number of halogens is 2. The summed E-state index contributed by atoms with van der Waals surface area (Å²) in [6.45, 7) is 1.89. The van der Waals surface area contributed by atoms with E-state index in [9.17, 15) is 8.78 Å². The summed E-state index contributed by atoms with van der Waals surface area (Å²) in [4.78, 5) is 0. The van der Waals surface area contributed by atoms with E-state index >= 15 is 0 Å². The summed E-state index contributed by atoms with van der Waals surface area (Å²) in [5, 5.41) is 0. The van der Waals surface area contributed by atoms with Gasteiger partial charge in [0.2, 0.25) is 0 Å². The highest BCUT2D eigenvalue weighted by Gasteiger charge is 2.13. The van der Waals surface area contributed by atoms with Crippen LogP contribution in [0.15, 0.2) is 42.5 Å². The fourth-order valence-corrected chi connectivity index (χ4v) is 1.92. The molecule has 94 valence electrons. The monoisotopic (exact) mass is 248 g/mol. The summed E-state index contributed by atoms with van der Waals surface area (Å²) < 4.78 is 31.6. The molecule has 1 atom stereocenters. The van der Waals surface area contributed by atoms with E-state index in [4.69, 9.17) is 4.74 Å². The topological polar surface area (TPSA) is 9.23 Å². The largest absolute Gasteiger partial charge is 0.497 e. The van der Waals surface area contributed by atoms with Gasteiger partial charge in [-0.25, -0.2) is 8.78 Å². The van der Waals surface area contributed by atoms with E-state index in [1.54, 1.807) is 7.11 Å². The fourth-order valence-electron chi connectivity index (χ4n) is 1.92. The molecule has 3 heteroatoms. The van der Waals surface area contributed by atoms with E-state index in [2.05, 4.69) is 0 Å². The molecule has 0 amide bonds. The molecule has 0 spiro atoms. The maximum absolute atomic E-state index is 13.7. The van der Waals surface area contributed by atoms with Gasteiger partial charge in [-0.15, -0.1) is 0 Å². The number of rotatable bonds is 3. The van der Waals surface area contributed by atoms with Gasteiger partial charge in [-0.05, 0) is 29.3 Å². The zero-order valence-corrected chi connectivity index (χ0v) is 10.3. The second-order valence-electron chi connectivity index (χ2n) is 4.16. The summed E-state index contributed by atoms with van der Waals surface area (Å²) in [5.74, 6) is -0.446. The highest BCUT2D eigenvalue weighted by atomic mass is 19.1. The van der Waals surface area contributed by atoms with Crippen molar-refractivity contribution < 1.29 is 13.5 Å². The number of hydrogen-bond acceptors (Lipinski definition) is 1. The molecule has 0 aliphatic heterocycles. The smallest absolute Gasteiger partial charge is 0.129 e. The van der Waals surface area contributed by atoms with Crippen LogP contribution in [0.3, 0.4) is 0 Å². The van der Waals surface area contributed by atoms with Crippen molar-refractivity contribution in [1.29, 1.82) is 0 Å². The highest BCUT2D eigenvalue weighted by Crippen LogP contribution is 2.27. The lowest BCUT2D eigenvalue weighted by molar-refractivity contribution is 0.414. The van der Waals surface area contributed by atoms with Gasteiger partial charge >= 0.3 is 0 Å². The zero-order valence-electron chi connectivity index (χ0n) is 10.3. The molecule has 0 radical (unpaired) electrons. The maximum atomic E-state index is 13.7. The van der Waals surface area contributed by atoms with E-state index < -0.39 is 11.6 Å². The van der Waals surface area contributed by atoms with Gasteiger partial charge in [0.05, 0.1) is 7.11 Å². The minimum atomic E-state index is -0.557. The predicted octanol–water partition coefficient (Wildman–Crippen LogP) is 4.13. The van der Waals surface area contributed by atoms with Crippen LogP contribution in [-0.2, 0) is 0 Å². The van der Waals surface area contributed by atoms with E-state index in [-0.39, 0.29) is 5.92 Å². The van der Waals surface area contributed by atoms with Gasteiger partial charge in [0.15, 0.2) is 0 Å². The molecule has 0 aromatic heterocycles.